The van der Waals surface area contributed by atoms with Crippen LogP contribution in [0.25, 0.3) is 0 Å². The lowest BCUT2D eigenvalue weighted by Crippen LogP contribution is -2.33. The molecule has 0 saturated carbocycles. The van der Waals surface area contributed by atoms with E-state index in [4.69, 9.17) is 5.73 Å². The summed E-state index contributed by atoms with van der Waals surface area (Å²) in [6.45, 7) is 2.05. The molecular formula is C13H21N3O3S. The Labute approximate surface area is 119 Å². The molecule has 0 aliphatic rings. The van der Waals surface area contributed by atoms with E-state index >= 15 is 0 Å². The number of amides is 1. The first kappa shape index (κ1) is 16.5. The highest BCUT2D eigenvalue weighted by Gasteiger charge is 2.12. The van der Waals surface area contributed by atoms with E-state index in [-0.39, 0.29) is 24.1 Å². The summed E-state index contributed by atoms with van der Waals surface area (Å²) in [5.74, 6) is -0.233. The zero-order chi connectivity index (χ0) is 15.2. The van der Waals surface area contributed by atoms with Crippen LogP contribution >= 0.6 is 0 Å². The van der Waals surface area contributed by atoms with E-state index in [0.29, 0.717) is 12.1 Å². The van der Waals surface area contributed by atoms with Gasteiger partial charge in [-0.25, -0.2) is 13.1 Å². The number of hydrogen-bond acceptors (Lipinski definition) is 4. The molecule has 4 N–H and O–H groups in total. The minimum atomic E-state index is -3.28. The number of sulfonamides is 1. The van der Waals surface area contributed by atoms with Crippen molar-refractivity contribution in [3.63, 3.8) is 0 Å². The third-order valence-corrected chi connectivity index (χ3v) is 4.36. The number of nitrogens with two attached hydrogens (primary N) is 1. The Morgan fingerprint density at radius 2 is 1.90 bits per heavy atom. The van der Waals surface area contributed by atoms with Gasteiger partial charge in [-0.1, -0.05) is 19.1 Å². The number of rotatable bonds is 7. The van der Waals surface area contributed by atoms with Gasteiger partial charge in [0.05, 0.1) is 5.75 Å². The lowest BCUT2D eigenvalue weighted by atomic mass is 9.97. The van der Waals surface area contributed by atoms with Crippen molar-refractivity contribution in [2.75, 3.05) is 25.1 Å². The number of carbonyl (C=O) groups excluding carboxylic acids is 1. The first-order valence-corrected chi connectivity index (χ1v) is 8.02. The van der Waals surface area contributed by atoms with Crippen molar-refractivity contribution >= 4 is 21.6 Å². The van der Waals surface area contributed by atoms with Crippen LogP contribution in [0.3, 0.4) is 0 Å². The van der Waals surface area contributed by atoms with Crippen molar-refractivity contribution in [1.29, 1.82) is 0 Å². The highest BCUT2D eigenvalue weighted by Crippen LogP contribution is 2.19. The van der Waals surface area contributed by atoms with Crippen LogP contribution in [0.1, 0.15) is 24.8 Å². The van der Waals surface area contributed by atoms with E-state index in [2.05, 4.69) is 10.0 Å². The van der Waals surface area contributed by atoms with Crippen molar-refractivity contribution in [1.82, 2.24) is 10.0 Å². The minimum absolute atomic E-state index is 0.0523. The molecule has 1 aromatic carbocycles. The van der Waals surface area contributed by atoms with E-state index in [1.165, 1.54) is 7.05 Å². The fourth-order valence-corrected chi connectivity index (χ4v) is 2.29. The maximum absolute atomic E-state index is 11.7. The van der Waals surface area contributed by atoms with Crippen molar-refractivity contribution in [3.05, 3.63) is 29.8 Å². The normalized spacial score (nSPS) is 12.9. The molecule has 0 radical (unpaired) electrons. The van der Waals surface area contributed by atoms with Gasteiger partial charge in [0, 0.05) is 18.7 Å². The SMILES string of the molecule is CNS(=O)(=O)CCNC(=O)CC(C)c1ccc(N)cc1. The zero-order valence-electron chi connectivity index (χ0n) is 11.7. The van der Waals surface area contributed by atoms with Gasteiger partial charge in [0.25, 0.3) is 0 Å². The highest BCUT2D eigenvalue weighted by atomic mass is 32.2. The lowest BCUT2D eigenvalue weighted by molar-refractivity contribution is -0.121. The van der Waals surface area contributed by atoms with Gasteiger partial charge >= 0.3 is 0 Å². The molecule has 0 saturated heterocycles. The fourth-order valence-electron chi connectivity index (χ4n) is 1.72. The molecule has 1 aromatic rings. The van der Waals surface area contributed by atoms with Crippen LogP contribution in [0, 0.1) is 0 Å². The Morgan fingerprint density at radius 3 is 2.45 bits per heavy atom. The van der Waals surface area contributed by atoms with Crippen molar-refractivity contribution < 1.29 is 13.2 Å². The average molecular weight is 299 g/mol. The summed E-state index contributed by atoms with van der Waals surface area (Å²) in [5.41, 5.74) is 7.31. The first-order chi connectivity index (χ1) is 9.34. The third kappa shape index (κ3) is 5.58. The molecule has 0 aliphatic heterocycles. The van der Waals surface area contributed by atoms with E-state index < -0.39 is 10.0 Å². The molecule has 112 valence electrons. The highest BCUT2D eigenvalue weighted by molar-refractivity contribution is 7.89. The summed E-state index contributed by atoms with van der Waals surface area (Å²) in [5, 5.41) is 2.60. The number of nitrogens with one attached hydrogen (secondary N) is 2. The van der Waals surface area contributed by atoms with Gasteiger partial charge in [0.1, 0.15) is 0 Å². The number of carbonyl (C=O) groups is 1. The predicted molar refractivity (Wildman–Crippen MR) is 79.7 cm³/mol. The van der Waals surface area contributed by atoms with Gasteiger partial charge in [0.15, 0.2) is 0 Å². The van der Waals surface area contributed by atoms with Crippen LogP contribution in [0.2, 0.25) is 0 Å². The van der Waals surface area contributed by atoms with E-state index in [1.54, 1.807) is 12.1 Å². The van der Waals surface area contributed by atoms with Gasteiger partial charge in [0.2, 0.25) is 15.9 Å². The Kier molecular flexibility index (Phi) is 5.97. The minimum Gasteiger partial charge on any atom is -0.399 e. The summed E-state index contributed by atoms with van der Waals surface area (Å²) in [6, 6.07) is 7.37. The lowest BCUT2D eigenvalue weighted by Gasteiger charge is -2.12. The second-order valence-corrected chi connectivity index (χ2v) is 6.69. The standard InChI is InChI=1S/C13H21N3O3S/c1-10(11-3-5-12(14)6-4-11)9-13(17)16-7-8-20(18,19)15-2/h3-6,10,15H,7-9,14H2,1-2H3,(H,16,17). The Balaban J connectivity index is 2.40. The van der Waals surface area contributed by atoms with E-state index in [9.17, 15) is 13.2 Å². The molecule has 0 fully saturated rings. The predicted octanol–water partition coefficient (Wildman–Crippen LogP) is 0.428. The van der Waals surface area contributed by atoms with Crippen LogP contribution in [-0.2, 0) is 14.8 Å². The quantitative estimate of drug-likeness (QED) is 0.635. The fraction of sp³-hybridized carbons (Fsp3) is 0.462. The summed E-state index contributed by atoms with van der Waals surface area (Å²) in [4.78, 5) is 11.7. The molecule has 20 heavy (non-hydrogen) atoms. The van der Waals surface area contributed by atoms with Gasteiger partial charge in [-0.15, -0.1) is 0 Å². The van der Waals surface area contributed by atoms with Gasteiger partial charge in [-0.3, -0.25) is 4.79 Å². The van der Waals surface area contributed by atoms with Crippen molar-refractivity contribution in [2.24, 2.45) is 0 Å². The van der Waals surface area contributed by atoms with E-state index in [1.807, 2.05) is 19.1 Å². The van der Waals surface area contributed by atoms with Gasteiger partial charge in [-0.05, 0) is 30.7 Å². The van der Waals surface area contributed by atoms with Crippen LogP contribution in [0.5, 0.6) is 0 Å². The molecule has 0 aromatic heterocycles. The summed E-state index contributed by atoms with van der Waals surface area (Å²) in [6.07, 6.45) is 0.309. The molecule has 0 spiro atoms. The van der Waals surface area contributed by atoms with Crippen molar-refractivity contribution in [2.45, 2.75) is 19.3 Å². The third-order valence-electron chi connectivity index (χ3n) is 3.00. The Hall–Kier alpha value is -1.60. The van der Waals surface area contributed by atoms with Crippen LogP contribution < -0.4 is 15.8 Å². The topological polar surface area (TPSA) is 101 Å². The molecule has 1 amide bonds. The molecule has 1 unspecified atom stereocenters. The van der Waals surface area contributed by atoms with Crippen molar-refractivity contribution in [3.8, 4) is 0 Å². The number of anilines is 1. The zero-order valence-corrected chi connectivity index (χ0v) is 12.5. The molecule has 0 aliphatic carbocycles. The van der Waals surface area contributed by atoms with Crippen LogP contribution in [0.15, 0.2) is 24.3 Å². The second kappa shape index (κ2) is 7.25. The monoisotopic (exact) mass is 299 g/mol. The largest absolute Gasteiger partial charge is 0.399 e. The molecule has 0 heterocycles. The number of hydrogen-bond donors (Lipinski definition) is 3. The van der Waals surface area contributed by atoms with Crippen LogP contribution in [0.4, 0.5) is 5.69 Å². The molecule has 1 rings (SSSR count). The van der Waals surface area contributed by atoms with Gasteiger partial charge < -0.3 is 11.1 Å². The Bertz CT molecular complexity index is 540. The number of benzene rings is 1. The number of nitrogen functional groups attached to an aromatic ring is 1. The first-order valence-electron chi connectivity index (χ1n) is 6.37. The molecule has 1 atom stereocenters. The van der Waals surface area contributed by atoms with Crippen LogP contribution in [-0.4, -0.2) is 33.7 Å². The Morgan fingerprint density at radius 1 is 1.30 bits per heavy atom. The molecular weight excluding hydrogens is 278 g/mol. The summed E-state index contributed by atoms with van der Waals surface area (Å²) >= 11 is 0. The average Bonchev–Trinajstić information content (AvgIpc) is 2.39. The summed E-state index contributed by atoms with van der Waals surface area (Å²) < 4.78 is 24.6. The molecule has 0 bridgehead atoms. The maximum atomic E-state index is 11.7. The second-order valence-electron chi connectivity index (χ2n) is 4.64. The molecule has 6 nitrogen and oxygen atoms in total. The van der Waals surface area contributed by atoms with E-state index in [0.717, 1.165) is 5.56 Å². The molecule has 7 heteroatoms. The maximum Gasteiger partial charge on any atom is 0.220 e. The summed E-state index contributed by atoms with van der Waals surface area (Å²) in [7, 11) is -1.93. The smallest absolute Gasteiger partial charge is 0.220 e. The van der Waals surface area contributed by atoms with Gasteiger partial charge in [-0.2, -0.15) is 0 Å².